The normalized spacial score (nSPS) is 18.3. The van der Waals surface area contributed by atoms with E-state index in [4.69, 9.17) is 16.3 Å². The van der Waals surface area contributed by atoms with Gasteiger partial charge in [0, 0.05) is 35.2 Å². The third kappa shape index (κ3) is 3.69. The van der Waals surface area contributed by atoms with E-state index in [0.29, 0.717) is 17.4 Å². The van der Waals surface area contributed by atoms with Gasteiger partial charge < -0.3 is 9.84 Å². The molecule has 1 N–H and O–H groups in total. The number of methoxy groups -OCH3 is 1. The van der Waals surface area contributed by atoms with Crippen LogP contribution >= 0.6 is 27.5 Å². The van der Waals surface area contributed by atoms with Crippen molar-refractivity contribution >= 4 is 27.5 Å². The molecule has 0 spiro atoms. The van der Waals surface area contributed by atoms with Crippen molar-refractivity contribution in [2.75, 3.05) is 20.2 Å². The van der Waals surface area contributed by atoms with Gasteiger partial charge in [-0.05, 0) is 34.5 Å². The molecule has 0 amide bonds. The zero-order chi connectivity index (χ0) is 16.4. The SMILES string of the molecule is COc1nc(-c2cccc(Br)c2Cl)ccc1CN1CC[C@@H](O)C1. The Balaban J connectivity index is 1.89. The third-order valence-corrected chi connectivity index (χ3v) is 5.30. The van der Waals surface area contributed by atoms with Crippen LogP contribution < -0.4 is 4.74 Å². The first-order chi connectivity index (χ1) is 11.1. The van der Waals surface area contributed by atoms with E-state index in [9.17, 15) is 5.11 Å². The van der Waals surface area contributed by atoms with Gasteiger partial charge in [0.05, 0.1) is 23.9 Å². The molecule has 1 fully saturated rings. The maximum Gasteiger partial charge on any atom is 0.218 e. The van der Waals surface area contributed by atoms with Crippen LogP contribution in [-0.2, 0) is 6.54 Å². The molecule has 1 aromatic carbocycles. The lowest BCUT2D eigenvalue weighted by molar-refractivity contribution is 0.174. The van der Waals surface area contributed by atoms with Crippen molar-refractivity contribution in [3.8, 4) is 17.1 Å². The second-order valence-corrected chi connectivity index (χ2v) is 6.88. The maximum absolute atomic E-state index is 9.65. The minimum absolute atomic E-state index is 0.228. The van der Waals surface area contributed by atoms with Crippen molar-refractivity contribution < 1.29 is 9.84 Å². The zero-order valence-electron chi connectivity index (χ0n) is 12.8. The first kappa shape index (κ1) is 16.7. The van der Waals surface area contributed by atoms with Gasteiger partial charge in [0.25, 0.3) is 0 Å². The molecule has 0 aliphatic carbocycles. The highest BCUT2D eigenvalue weighted by Crippen LogP contribution is 2.34. The summed E-state index contributed by atoms with van der Waals surface area (Å²) < 4.78 is 6.30. The number of halogens is 2. The van der Waals surface area contributed by atoms with E-state index in [2.05, 4.69) is 25.8 Å². The van der Waals surface area contributed by atoms with Crippen molar-refractivity contribution in [3.05, 3.63) is 45.4 Å². The summed E-state index contributed by atoms with van der Waals surface area (Å²) in [5, 5.41) is 10.3. The van der Waals surface area contributed by atoms with Gasteiger partial charge in [-0.1, -0.05) is 29.8 Å². The van der Waals surface area contributed by atoms with Crippen LogP contribution in [0.15, 0.2) is 34.8 Å². The Hall–Kier alpha value is -1.14. The molecule has 0 bridgehead atoms. The molecule has 4 nitrogen and oxygen atoms in total. The molecular formula is C17H18BrClN2O2. The van der Waals surface area contributed by atoms with E-state index in [0.717, 1.165) is 40.8 Å². The summed E-state index contributed by atoms with van der Waals surface area (Å²) in [6.45, 7) is 2.31. The average molecular weight is 398 g/mol. The highest BCUT2D eigenvalue weighted by molar-refractivity contribution is 9.10. The second kappa shape index (κ2) is 7.18. The lowest BCUT2D eigenvalue weighted by atomic mass is 10.1. The number of ether oxygens (including phenoxy) is 1. The fraction of sp³-hybridized carbons (Fsp3) is 0.353. The second-order valence-electron chi connectivity index (χ2n) is 5.64. The predicted octanol–water partition coefficient (Wildman–Crippen LogP) is 3.74. The topological polar surface area (TPSA) is 45.6 Å². The van der Waals surface area contributed by atoms with Crippen LogP contribution in [-0.4, -0.2) is 41.3 Å². The lowest BCUT2D eigenvalue weighted by Gasteiger charge is -2.17. The quantitative estimate of drug-likeness (QED) is 0.854. The molecular weight excluding hydrogens is 380 g/mol. The number of aliphatic hydroxyl groups excluding tert-OH is 1. The summed E-state index contributed by atoms with van der Waals surface area (Å²) in [6.07, 6.45) is 0.593. The molecule has 1 aliphatic heterocycles. The Labute approximate surface area is 149 Å². The molecule has 2 aromatic rings. The van der Waals surface area contributed by atoms with E-state index in [1.807, 2.05) is 30.3 Å². The van der Waals surface area contributed by atoms with Crippen LogP contribution in [0.3, 0.4) is 0 Å². The number of aromatic nitrogens is 1. The molecule has 0 unspecified atom stereocenters. The van der Waals surface area contributed by atoms with Gasteiger partial charge in [-0.3, -0.25) is 4.90 Å². The van der Waals surface area contributed by atoms with E-state index in [1.165, 1.54) is 0 Å². The molecule has 6 heteroatoms. The Morgan fingerprint density at radius 1 is 1.39 bits per heavy atom. The largest absolute Gasteiger partial charge is 0.481 e. The molecule has 122 valence electrons. The number of likely N-dealkylation sites (tertiary alicyclic amines) is 1. The van der Waals surface area contributed by atoms with Gasteiger partial charge >= 0.3 is 0 Å². The number of hydrogen-bond donors (Lipinski definition) is 1. The Bertz CT molecular complexity index is 711. The number of pyridine rings is 1. The van der Waals surface area contributed by atoms with Crippen LogP contribution in [0, 0.1) is 0 Å². The molecule has 1 saturated heterocycles. The van der Waals surface area contributed by atoms with Gasteiger partial charge in [-0.25, -0.2) is 4.98 Å². The summed E-state index contributed by atoms with van der Waals surface area (Å²) in [5.74, 6) is 0.597. The van der Waals surface area contributed by atoms with Crippen molar-refractivity contribution in [1.82, 2.24) is 9.88 Å². The number of benzene rings is 1. The Kier molecular flexibility index (Phi) is 5.21. The highest BCUT2D eigenvalue weighted by atomic mass is 79.9. The fourth-order valence-corrected chi connectivity index (χ4v) is 3.40. The van der Waals surface area contributed by atoms with Crippen molar-refractivity contribution in [2.45, 2.75) is 19.1 Å². The van der Waals surface area contributed by atoms with Crippen LogP contribution in [0.25, 0.3) is 11.3 Å². The molecule has 3 rings (SSSR count). The first-order valence-electron chi connectivity index (χ1n) is 7.47. The summed E-state index contributed by atoms with van der Waals surface area (Å²) >= 11 is 9.79. The summed E-state index contributed by atoms with van der Waals surface area (Å²) in [5.41, 5.74) is 2.65. The molecule has 23 heavy (non-hydrogen) atoms. The zero-order valence-corrected chi connectivity index (χ0v) is 15.1. The fourth-order valence-electron chi connectivity index (χ4n) is 2.81. The first-order valence-corrected chi connectivity index (χ1v) is 8.64. The molecule has 0 saturated carbocycles. The van der Waals surface area contributed by atoms with Crippen molar-refractivity contribution in [2.24, 2.45) is 0 Å². The van der Waals surface area contributed by atoms with Gasteiger partial charge in [0.1, 0.15) is 0 Å². The Morgan fingerprint density at radius 3 is 2.91 bits per heavy atom. The standard InChI is InChI=1S/C17H18BrClN2O2/c1-23-17-11(9-21-8-7-12(22)10-21)5-6-15(20-17)13-3-2-4-14(18)16(13)19/h2-6,12,22H,7-10H2,1H3/t12-/m1/s1. The van der Waals surface area contributed by atoms with E-state index < -0.39 is 0 Å². The van der Waals surface area contributed by atoms with Crippen LogP contribution in [0.1, 0.15) is 12.0 Å². The molecule has 1 aromatic heterocycles. The van der Waals surface area contributed by atoms with Gasteiger partial charge in [-0.2, -0.15) is 0 Å². The lowest BCUT2D eigenvalue weighted by Crippen LogP contribution is -2.22. The van der Waals surface area contributed by atoms with Crippen LogP contribution in [0.4, 0.5) is 0 Å². The van der Waals surface area contributed by atoms with Gasteiger partial charge in [0.15, 0.2) is 0 Å². The van der Waals surface area contributed by atoms with Crippen molar-refractivity contribution in [1.29, 1.82) is 0 Å². The number of hydrogen-bond acceptors (Lipinski definition) is 4. The predicted molar refractivity (Wildman–Crippen MR) is 94.8 cm³/mol. The summed E-state index contributed by atoms with van der Waals surface area (Å²) in [6, 6.07) is 9.74. The van der Waals surface area contributed by atoms with Gasteiger partial charge in [-0.15, -0.1) is 0 Å². The molecule has 1 aliphatic rings. The summed E-state index contributed by atoms with van der Waals surface area (Å²) in [4.78, 5) is 6.81. The number of rotatable bonds is 4. The third-order valence-electron chi connectivity index (χ3n) is 4.00. The number of nitrogens with zero attached hydrogens (tertiary/aromatic N) is 2. The molecule has 2 heterocycles. The minimum atomic E-state index is -0.228. The smallest absolute Gasteiger partial charge is 0.218 e. The van der Waals surface area contributed by atoms with Crippen LogP contribution in [0.5, 0.6) is 5.88 Å². The van der Waals surface area contributed by atoms with E-state index in [-0.39, 0.29) is 6.10 Å². The van der Waals surface area contributed by atoms with Crippen LogP contribution in [0.2, 0.25) is 5.02 Å². The van der Waals surface area contributed by atoms with Crippen molar-refractivity contribution in [3.63, 3.8) is 0 Å². The monoisotopic (exact) mass is 396 g/mol. The van der Waals surface area contributed by atoms with Gasteiger partial charge in [0.2, 0.25) is 5.88 Å². The molecule has 1 atom stereocenters. The highest BCUT2D eigenvalue weighted by Gasteiger charge is 2.21. The number of aliphatic hydroxyl groups is 1. The average Bonchev–Trinajstić information content (AvgIpc) is 2.95. The minimum Gasteiger partial charge on any atom is -0.481 e. The molecule has 0 radical (unpaired) electrons. The maximum atomic E-state index is 9.65. The summed E-state index contributed by atoms with van der Waals surface area (Å²) in [7, 11) is 1.62. The van der Waals surface area contributed by atoms with E-state index >= 15 is 0 Å². The van der Waals surface area contributed by atoms with E-state index in [1.54, 1.807) is 7.11 Å². The number of β-amino-alcohol motifs (C(OH)–C–C–N with tert-alkyl or cyclic N) is 1. The Morgan fingerprint density at radius 2 is 2.22 bits per heavy atom.